The van der Waals surface area contributed by atoms with Crippen molar-refractivity contribution in [3.8, 4) is 5.75 Å². The fourth-order valence-corrected chi connectivity index (χ4v) is 1.75. The highest BCUT2D eigenvalue weighted by molar-refractivity contribution is 5.78. The van der Waals surface area contributed by atoms with Crippen molar-refractivity contribution in [2.24, 2.45) is 0 Å². The average molecular weight is 191 g/mol. The van der Waals surface area contributed by atoms with Gasteiger partial charge in [0.25, 0.3) is 0 Å². The number of carbonyl (C=O) groups excluding carboxylic acids is 1. The Hall–Kier alpha value is -1.51. The second-order valence-electron chi connectivity index (χ2n) is 3.59. The Morgan fingerprint density at radius 2 is 2.29 bits per heavy atom. The van der Waals surface area contributed by atoms with Gasteiger partial charge in [-0.25, -0.2) is 0 Å². The molecule has 14 heavy (non-hydrogen) atoms. The molecule has 1 amide bonds. The van der Waals surface area contributed by atoms with E-state index in [1.165, 1.54) is 0 Å². The van der Waals surface area contributed by atoms with Gasteiger partial charge in [-0.15, -0.1) is 0 Å². The summed E-state index contributed by atoms with van der Waals surface area (Å²) in [5.41, 5.74) is 0.986. The van der Waals surface area contributed by atoms with E-state index in [0.29, 0.717) is 13.0 Å². The fourth-order valence-electron chi connectivity index (χ4n) is 1.75. The number of hydrogen-bond acceptors (Lipinski definition) is 2. The molecule has 0 atom stereocenters. The van der Waals surface area contributed by atoms with E-state index in [1.807, 2.05) is 11.0 Å². The lowest BCUT2D eigenvalue weighted by molar-refractivity contribution is -0.128. The number of nitrogens with zero attached hydrogens (tertiary/aromatic N) is 1. The van der Waals surface area contributed by atoms with Gasteiger partial charge in [-0.3, -0.25) is 4.79 Å². The minimum Gasteiger partial charge on any atom is -0.508 e. The maximum atomic E-state index is 11.3. The Morgan fingerprint density at radius 1 is 1.43 bits per heavy atom. The van der Waals surface area contributed by atoms with Crippen LogP contribution in [0.15, 0.2) is 24.3 Å². The molecule has 74 valence electrons. The van der Waals surface area contributed by atoms with Crippen LogP contribution in [0.1, 0.15) is 18.4 Å². The summed E-state index contributed by atoms with van der Waals surface area (Å²) in [6.07, 6.45) is 1.62. The lowest BCUT2D eigenvalue weighted by Gasteiger charge is -2.15. The van der Waals surface area contributed by atoms with Crippen molar-refractivity contribution < 1.29 is 9.90 Å². The van der Waals surface area contributed by atoms with Crippen molar-refractivity contribution in [1.82, 2.24) is 4.90 Å². The SMILES string of the molecule is O=C1CCCN1Cc1cccc(O)c1. The molecule has 1 heterocycles. The lowest BCUT2D eigenvalue weighted by Crippen LogP contribution is -2.23. The van der Waals surface area contributed by atoms with Crippen LogP contribution in [-0.2, 0) is 11.3 Å². The van der Waals surface area contributed by atoms with Gasteiger partial charge >= 0.3 is 0 Å². The van der Waals surface area contributed by atoms with Crippen LogP contribution in [-0.4, -0.2) is 22.5 Å². The number of amides is 1. The van der Waals surface area contributed by atoms with Crippen LogP contribution in [0.5, 0.6) is 5.75 Å². The summed E-state index contributed by atoms with van der Waals surface area (Å²) in [5.74, 6) is 0.475. The number of hydrogen-bond donors (Lipinski definition) is 1. The molecule has 1 aromatic rings. The Kier molecular flexibility index (Phi) is 2.39. The van der Waals surface area contributed by atoms with Crippen LogP contribution in [0.2, 0.25) is 0 Å². The van der Waals surface area contributed by atoms with Gasteiger partial charge in [-0.05, 0) is 24.1 Å². The zero-order valence-electron chi connectivity index (χ0n) is 7.94. The Morgan fingerprint density at radius 3 is 2.93 bits per heavy atom. The van der Waals surface area contributed by atoms with Crippen LogP contribution in [0.4, 0.5) is 0 Å². The van der Waals surface area contributed by atoms with Crippen LogP contribution in [0.3, 0.4) is 0 Å². The van der Waals surface area contributed by atoms with Gasteiger partial charge in [0.05, 0.1) is 0 Å². The zero-order valence-corrected chi connectivity index (χ0v) is 7.94. The molecular weight excluding hydrogens is 178 g/mol. The van der Waals surface area contributed by atoms with Gasteiger partial charge in [-0.1, -0.05) is 12.1 Å². The first kappa shape index (κ1) is 9.06. The van der Waals surface area contributed by atoms with E-state index >= 15 is 0 Å². The minimum absolute atomic E-state index is 0.216. The molecule has 0 saturated carbocycles. The monoisotopic (exact) mass is 191 g/mol. The molecule has 1 aliphatic heterocycles. The predicted molar refractivity (Wildman–Crippen MR) is 52.8 cm³/mol. The predicted octanol–water partition coefficient (Wildman–Crippen LogP) is 1.51. The first-order valence-electron chi connectivity index (χ1n) is 4.81. The molecule has 1 N–H and O–H groups in total. The van der Waals surface area contributed by atoms with Crippen molar-refractivity contribution in [3.63, 3.8) is 0 Å². The number of phenols is 1. The molecule has 2 rings (SSSR count). The van der Waals surface area contributed by atoms with Crippen molar-refractivity contribution >= 4 is 5.91 Å². The highest BCUT2D eigenvalue weighted by atomic mass is 16.3. The molecule has 0 unspecified atom stereocenters. The normalized spacial score (nSPS) is 16.3. The smallest absolute Gasteiger partial charge is 0.222 e. The van der Waals surface area contributed by atoms with Crippen LogP contribution < -0.4 is 0 Å². The van der Waals surface area contributed by atoms with E-state index in [4.69, 9.17) is 0 Å². The molecule has 0 aromatic heterocycles. The van der Waals surface area contributed by atoms with Crippen LogP contribution in [0, 0.1) is 0 Å². The highest BCUT2D eigenvalue weighted by Gasteiger charge is 2.19. The maximum Gasteiger partial charge on any atom is 0.222 e. The summed E-state index contributed by atoms with van der Waals surface area (Å²) in [5, 5.41) is 9.25. The first-order chi connectivity index (χ1) is 6.75. The minimum atomic E-state index is 0.216. The van der Waals surface area contributed by atoms with Gasteiger partial charge in [0.1, 0.15) is 5.75 Å². The average Bonchev–Trinajstić information content (AvgIpc) is 2.52. The molecule has 3 heteroatoms. The van der Waals surface area contributed by atoms with Crippen LogP contribution >= 0.6 is 0 Å². The number of likely N-dealkylation sites (tertiary alicyclic amines) is 1. The summed E-state index contributed by atoms with van der Waals surface area (Å²) >= 11 is 0. The van der Waals surface area contributed by atoms with Crippen LogP contribution in [0.25, 0.3) is 0 Å². The standard InChI is InChI=1S/C11H13NO2/c13-10-4-1-3-9(7-10)8-12-6-2-5-11(12)14/h1,3-4,7,13H,2,5-6,8H2. The lowest BCUT2D eigenvalue weighted by atomic mass is 10.2. The number of benzene rings is 1. The van der Waals surface area contributed by atoms with Gasteiger partial charge in [-0.2, -0.15) is 0 Å². The fraction of sp³-hybridized carbons (Fsp3) is 0.364. The molecule has 1 aromatic carbocycles. The second kappa shape index (κ2) is 3.70. The van der Waals surface area contributed by atoms with Crippen molar-refractivity contribution in [3.05, 3.63) is 29.8 Å². The highest BCUT2D eigenvalue weighted by Crippen LogP contribution is 2.16. The summed E-state index contributed by atoms with van der Waals surface area (Å²) < 4.78 is 0. The molecule has 0 aliphatic carbocycles. The van der Waals surface area contributed by atoms with Gasteiger partial charge in [0.2, 0.25) is 5.91 Å². The Labute approximate surface area is 83.0 Å². The van der Waals surface area contributed by atoms with E-state index in [-0.39, 0.29) is 11.7 Å². The van der Waals surface area contributed by atoms with Gasteiger partial charge in [0.15, 0.2) is 0 Å². The first-order valence-corrected chi connectivity index (χ1v) is 4.81. The summed E-state index contributed by atoms with van der Waals surface area (Å²) in [7, 11) is 0. The van der Waals surface area contributed by atoms with Crippen molar-refractivity contribution in [2.45, 2.75) is 19.4 Å². The topological polar surface area (TPSA) is 40.5 Å². The largest absolute Gasteiger partial charge is 0.508 e. The van der Waals surface area contributed by atoms with E-state index in [2.05, 4.69) is 0 Å². The molecule has 0 spiro atoms. The molecule has 1 fully saturated rings. The Balaban J connectivity index is 2.07. The molecule has 3 nitrogen and oxygen atoms in total. The molecule has 1 aliphatic rings. The quantitative estimate of drug-likeness (QED) is 0.769. The number of phenolic OH excluding ortho intramolecular Hbond substituents is 1. The third-order valence-corrected chi connectivity index (χ3v) is 2.46. The third-order valence-electron chi connectivity index (χ3n) is 2.46. The number of rotatable bonds is 2. The van der Waals surface area contributed by atoms with E-state index in [9.17, 15) is 9.90 Å². The molecule has 0 radical (unpaired) electrons. The van der Waals surface area contributed by atoms with Gasteiger partial charge < -0.3 is 10.0 Å². The molecule has 1 saturated heterocycles. The third kappa shape index (κ3) is 1.87. The number of carbonyl (C=O) groups is 1. The molecule has 0 bridgehead atoms. The molecular formula is C11H13NO2. The van der Waals surface area contributed by atoms with E-state index < -0.39 is 0 Å². The van der Waals surface area contributed by atoms with Crippen molar-refractivity contribution in [2.75, 3.05) is 6.54 Å². The maximum absolute atomic E-state index is 11.3. The number of aromatic hydroxyl groups is 1. The van der Waals surface area contributed by atoms with E-state index in [0.717, 1.165) is 18.5 Å². The summed E-state index contributed by atoms with van der Waals surface area (Å²) in [6.45, 7) is 1.46. The van der Waals surface area contributed by atoms with E-state index in [1.54, 1.807) is 18.2 Å². The second-order valence-corrected chi connectivity index (χ2v) is 3.59. The Bertz CT molecular complexity index is 349. The summed E-state index contributed by atoms with van der Waals surface area (Å²) in [4.78, 5) is 13.2. The zero-order chi connectivity index (χ0) is 9.97. The van der Waals surface area contributed by atoms with Crippen molar-refractivity contribution in [1.29, 1.82) is 0 Å². The summed E-state index contributed by atoms with van der Waals surface area (Å²) in [6, 6.07) is 7.05. The van der Waals surface area contributed by atoms with Gasteiger partial charge in [0, 0.05) is 19.5 Å².